The molecule has 0 bridgehead atoms. The van der Waals surface area contributed by atoms with E-state index in [9.17, 15) is 29.1 Å². The van der Waals surface area contributed by atoms with Gasteiger partial charge in [0.2, 0.25) is 0 Å². The Balaban J connectivity index is -0.0000157. The van der Waals surface area contributed by atoms with Crippen LogP contribution in [-0.4, -0.2) is 137 Å². The highest BCUT2D eigenvalue weighted by atomic mass is 35.5. The Morgan fingerprint density at radius 2 is 0.864 bits per heavy atom. The van der Waals surface area contributed by atoms with Crippen LogP contribution in [0.25, 0.3) is 0 Å². The van der Waals surface area contributed by atoms with E-state index in [1.54, 1.807) is 0 Å². The molecule has 0 saturated carbocycles. The molecule has 2 unspecified atom stereocenters. The number of esters is 5. The summed E-state index contributed by atoms with van der Waals surface area (Å²) in [5.74, 6) is -1.38. The van der Waals surface area contributed by atoms with Crippen LogP contribution in [0.2, 0.25) is 0 Å². The summed E-state index contributed by atoms with van der Waals surface area (Å²) in [4.78, 5) is 59.2. The van der Waals surface area contributed by atoms with Crippen molar-refractivity contribution in [1.82, 2.24) is 0 Å². The summed E-state index contributed by atoms with van der Waals surface area (Å²) in [6.45, 7) is 7.78. The van der Waals surface area contributed by atoms with E-state index in [0.29, 0.717) is 54.5 Å². The highest BCUT2D eigenvalue weighted by molar-refractivity contribution is 5.71. The van der Waals surface area contributed by atoms with E-state index in [1.807, 2.05) is 28.2 Å². The van der Waals surface area contributed by atoms with E-state index >= 15 is 0 Å². The van der Waals surface area contributed by atoms with Crippen LogP contribution < -0.4 is 24.8 Å². The van der Waals surface area contributed by atoms with Crippen LogP contribution in [0.1, 0.15) is 162 Å². The number of aliphatic hydroxyl groups excluding tert-OH is 1. The van der Waals surface area contributed by atoms with Crippen molar-refractivity contribution in [3.8, 4) is 0 Å². The SMILES string of the molecule is CCCCCCCCC(OC(=O)C[N+](C)(C)CCOC(C)=O)C(O)CCCCCCCC(=O)OCCCCCCCCCCOC(=O)C[N+](C)(C)CCOC(C)=O.[Cl-].[Cl-]. The van der Waals surface area contributed by atoms with Gasteiger partial charge in [0, 0.05) is 20.3 Å². The standard InChI is InChI=1S/C44H84N2O11.2ClH/c1-8-9-10-11-18-23-28-41(57-44(52)37-46(6,7)31-35-54-39(3)48)40(49)27-22-17-16-19-24-29-42(50)55-32-25-20-14-12-13-15-21-26-33-56-43(51)36-45(4,5)30-34-53-38(2)47;;/h40-41,49H,8-37H2,1-7H3;2*1H/q+2;;/p-2. The Morgan fingerprint density at radius 1 is 0.475 bits per heavy atom. The number of hydrogen-bond donors (Lipinski definition) is 1. The minimum absolute atomic E-state index is 0. The van der Waals surface area contributed by atoms with Gasteiger partial charge in [0.05, 0.1) is 47.5 Å². The van der Waals surface area contributed by atoms with Gasteiger partial charge in [0.25, 0.3) is 0 Å². The van der Waals surface area contributed by atoms with E-state index in [0.717, 1.165) is 103 Å². The van der Waals surface area contributed by atoms with Crippen LogP contribution in [0.4, 0.5) is 0 Å². The maximum atomic E-state index is 12.9. The first-order valence-corrected chi connectivity index (χ1v) is 22.2. The second-order valence-electron chi connectivity index (χ2n) is 17.0. The predicted molar refractivity (Wildman–Crippen MR) is 222 cm³/mol. The summed E-state index contributed by atoms with van der Waals surface area (Å²) in [5, 5.41) is 11.0. The van der Waals surface area contributed by atoms with Gasteiger partial charge in [-0.1, -0.05) is 103 Å². The lowest BCUT2D eigenvalue weighted by molar-refractivity contribution is -0.883. The van der Waals surface area contributed by atoms with Crippen molar-refractivity contribution in [3.63, 3.8) is 0 Å². The first-order valence-electron chi connectivity index (χ1n) is 22.2. The average Bonchev–Trinajstić information content (AvgIpc) is 3.11. The molecule has 0 saturated heterocycles. The van der Waals surface area contributed by atoms with E-state index in [2.05, 4.69) is 6.92 Å². The van der Waals surface area contributed by atoms with Crippen LogP contribution in [0, 0.1) is 0 Å². The van der Waals surface area contributed by atoms with E-state index in [4.69, 9.17) is 23.7 Å². The van der Waals surface area contributed by atoms with Crippen molar-refractivity contribution < 1.29 is 86.5 Å². The minimum Gasteiger partial charge on any atom is -1.00 e. The number of unbranched alkanes of at least 4 members (excludes halogenated alkanes) is 16. The van der Waals surface area contributed by atoms with Gasteiger partial charge in [-0.3, -0.25) is 14.4 Å². The van der Waals surface area contributed by atoms with Crippen LogP contribution in [0.15, 0.2) is 0 Å². The number of aliphatic hydroxyl groups is 1. The molecule has 0 spiro atoms. The van der Waals surface area contributed by atoms with Crippen molar-refractivity contribution in [1.29, 1.82) is 0 Å². The molecule has 15 heteroatoms. The number of carbonyl (C=O) groups excluding carboxylic acids is 5. The van der Waals surface area contributed by atoms with Crippen molar-refractivity contribution >= 4 is 29.8 Å². The Hall–Kier alpha value is -2.19. The number of hydrogen-bond acceptors (Lipinski definition) is 11. The first-order chi connectivity index (χ1) is 27.1. The molecule has 0 amide bonds. The third-order valence-electron chi connectivity index (χ3n) is 10.1. The van der Waals surface area contributed by atoms with Crippen molar-refractivity contribution in [3.05, 3.63) is 0 Å². The molecule has 0 rings (SSSR count). The molecule has 0 radical (unpaired) electrons. The highest BCUT2D eigenvalue weighted by Crippen LogP contribution is 2.19. The van der Waals surface area contributed by atoms with Gasteiger partial charge < -0.3 is 62.6 Å². The summed E-state index contributed by atoms with van der Waals surface area (Å²) in [6.07, 6.45) is 19.9. The van der Waals surface area contributed by atoms with Crippen LogP contribution >= 0.6 is 0 Å². The summed E-state index contributed by atoms with van der Waals surface area (Å²) in [5.41, 5.74) is 0. The van der Waals surface area contributed by atoms with E-state index < -0.39 is 12.2 Å². The molecule has 350 valence electrons. The van der Waals surface area contributed by atoms with Gasteiger partial charge in [-0.2, -0.15) is 0 Å². The number of nitrogens with zero attached hydrogens (tertiary/aromatic N) is 2. The molecule has 0 aromatic heterocycles. The van der Waals surface area contributed by atoms with Crippen LogP contribution in [0.3, 0.4) is 0 Å². The van der Waals surface area contributed by atoms with Gasteiger partial charge >= 0.3 is 29.8 Å². The lowest BCUT2D eigenvalue weighted by Crippen LogP contribution is -3.00. The molecule has 0 heterocycles. The number of rotatable bonds is 38. The number of ether oxygens (including phenoxy) is 5. The molecule has 13 nitrogen and oxygen atoms in total. The first kappa shape index (κ1) is 61.1. The smallest absolute Gasteiger partial charge is 0.362 e. The summed E-state index contributed by atoms with van der Waals surface area (Å²) >= 11 is 0. The number of quaternary nitrogens is 2. The maximum Gasteiger partial charge on any atom is 0.362 e. The molecule has 0 aliphatic carbocycles. The predicted octanol–water partition coefficient (Wildman–Crippen LogP) is 1.23. The van der Waals surface area contributed by atoms with E-state index in [-0.39, 0.29) is 81.0 Å². The fourth-order valence-electron chi connectivity index (χ4n) is 6.49. The average molecular weight is 888 g/mol. The third kappa shape index (κ3) is 41.0. The summed E-state index contributed by atoms with van der Waals surface area (Å²) < 4.78 is 27.4. The molecule has 1 N–H and O–H groups in total. The molecular formula is C44H84Cl2N2O11. The van der Waals surface area contributed by atoms with Crippen molar-refractivity contribution in [2.24, 2.45) is 0 Å². The minimum atomic E-state index is -0.712. The van der Waals surface area contributed by atoms with Gasteiger partial charge in [0.15, 0.2) is 13.1 Å². The van der Waals surface area contributed by atoms with Crippen LogP contribution in [-0.2, 0) is 47.7 Å². The monoisotopic (exact) mass is 887 g/mol. The van der Waals surface area contributed by atoms with Gasteiger partial charge in [-0.15, -0.1) is 0 Å². The quantitative estimate of drug-likeness (QED) is 0.0413. The Bertz CT molecular complexity index is 1100. The lowest BCUT2D eigenvalue weighted by atomic mass is 9.99. The number of halogens is 2. The largest absolute Gasteiger partial charge is 1.00 e. The molecule has 59 heavy (non-hydrogen) atoms. The fraction of sp³-hybridized carbons (Fsp3) is 0.886. The molecule has 2 atom stereocenters. The Labute approximate surface area is 370 Å². The molecule has 0 aliphatic heterocycles. The van der Waals surface area contributed by atoms with Crippen molar-refractivity contribution in [2.45, 2.75) is 174 Å². The van der Waals surface area contributed by atoms with Crippen molar-refractivity contribution in [2.75, 3.05) is 80.8 Å². The summed E-state index contributed by atoms with van der Waals surface area (Å²) in [7, 11) is 7.61. The molecule has 0 aromatic rings. The van der Waals surface area contributed by atoms with Crippen LogP contribution in [0.5, 0.6) is 0 Å². The molecule has 0 aliphatic rings. The van der Waals surface area contributed by atoms with Gasteiger partial charge in [-0.05, 0) is 38.5 Å². The fourth-order valence-corrected chi connectivity index (χ4v) is 6.49. The topological polar surface area (TPSA) is 152 Å². The molecular weight excluding hydrogens is 803 g/mol. The normalized spacial score (nSPS) is 12.3. The Kier molecular flexibility index (Phi) is 40.1. The highest BCUT2D eigenvalue weighted by Gasteiger charge is 2.28. The Morgan fingerprint density at radius 3 is 1.34 bits per heavy atom. The maximum absolute atomic E-state index is 12.9. The summed E-state index contributed by atoms with van der Waals surface area (Å²) in [6, 6.07) is 0. The zero-order chi connectivity index (χ0) is 42.8. The second kappa shape index (κ2) is 38.7. The number of carbonyl (C=O) groups is 5. The second-order valence-corrected chi connectivity index (χ2v) is 17.0. The zero-order valence-corrected chi connectivity index (χ0v) is 39.6. The molecule has 0 aromatic carbocycles. The third-order valence-corrected chi connectivity index (χ3v) is 10.1. The van der Waals surface area contributed by atoms with Gasteiger partial charge in [0.1, 0.15) is 32.4 Å². The number of likely N-dealkylation sites (N-methyl/N-ethyl adjacent to an activating group) is 2. The zero-order valence-electron chi connectivity index (χ0n) is 38.0. The lowest BCUT2D eigenvalue weighted by Gasteiger charge is -2.30. The van der Waals surface area contributed by atoms with E-state index in [1.165, 1.54) is 33.1 Å². The van der Waals surface area contributed by atoms with Gasteiger partial charge in [-0.25, -0.2) is 9.59 Å². The molecule has 0 fully saturated rings.